The van der Waals surface area contributed by atoms with Gasteiger partial charge in [-0.2, -0.15) is 4.57 Å². The lowest BCUT2D eigenvalue weighted by atomic mass is 10.1. The molecule has 1 heterocycles. The number of fused-ring (bicyclic) bond motifs is 1. The molecule has 74 valence electrons. The minimum absolute atomic E-state index is 0.728. The second-order valence-corrected chi connectivity index (χ2v) is 3.35. The normalized spacial score (nSPS) is 10.1. The number of aromatic nitrogens is 1. The first kappa shape index (κ1) is 9.59. The van der Waals surface area contributed by atoms with Gasteiger partial charge in [-0.15, -0.1) is 0 Å². The van der Waals surface area contributed by atoms with Gasteiger partial charge in [-0.05, 0) is 12.1 Å². The van der Waals surface area contributed by atoms with Crippen molar-refractivity contribution in [1.82, 2.24) is 0 Å². The van der Waals surface area contributed by atoms with Crippen LogP contribution in [0.1, 0.15) is 10.4 Å². The van der Waals surface area contributed by atoms with E-state index in [9.17, 15) is 4.79 Å². The summed E-state index contributed by atoms with van der Waals surface area (Å²) < 4.78 is 2.06. The smallest absolute Gasteiger partial charge is 0.213 e. The molecule has 0 fully saturated rings. The Morgan fingerprint density at radius 2 is 2.13 bits per heavy atom. The van der Waals surface area contributed by atoms with Crippen LogP contribution < -0.4 is 4.57 Å². The zero-order valence-corrected chi connectivity index (χ0v) is 8.39. The molecule has 0 spiro atoms. The average molecular weight is 198 g/mol. The molecule has 2 aromatic rings. The number of carbonyl (C=O) groups is 1. The number of rotatable bonds is 3. The van der Waals surface area contributed by atoms with Crippen molar-refractivity contribution in [2.24, 2.45) is 0 Å². The molecule has 1 aromatic heterocycles. The molecule has 2 nitrogen and oxygen atoms in total. The van der Waals surface area contributed by atoms with Crippen LogP contribution in [0.4, 0.5) is 0 Å². The third kappa shape index (κ3) is 1.66. The zero-order chi connectivity index (χ0) is 10.7. The van der Waals surface area contributed by atoms with E-state index in [-0.39, 0.29) is 0 Å². The Hall–Kier alpha value is -1.96. The number of hydrogen-bond acceptors (Lipinski definition) is 1. The fourth-order valence-corrected chi connectivity index (χ4v) is 1.73. The van der Waals surface area contributed by atoms with Crippen molar-refractivity contribution in [2.75, 3.05) is 0 Å². The maximum Gasteiger partial charge on any atom is 0.213 e. The molecule has 0 unspecified atom stereocenters. The molecule has 0 aliphatic rings. The highest BCUT2D eigenvalue weighted by Crippen LogP contribution is 2.13. The Balaban J connectivity index is 2.75. The molecule has 0 saturated heterocycles. The lowest BCUT2D eigenvalue weighted by molar-refractivity contribution is -0.660. The SMILES string of the molecule is C=CC[n+]1cccc2c(C=O)cccc21. The summed E-state index contributed by atoms with van der Waals surface area (Å²) in [6.45, 7) is 4.46. The van der Waals surface area contributed by atoms with Crippen molar-refractivity contribution in [2.45, 2.75) is 6.54 Å². The molecule has 2 heteroatoms. The molecule has 15 heavy (non-hydrogen) atoms. The lowest BCUT2D eigenvalue weighted by Gasteiger charge is -2.00. The summed E-state index contributed by atoms with van der Waals surface area (Å²) in [5, 5.41) is 0.983. The molecular formula is C13H12NO+. The minimum Gasteiger partial charge on any atom is -0.298 e. The van der Waals surface area contributed by atoms with Gasteiger partial charge in [-0.1, -0.05) is 18.7 Å². The van der Waals surface area contributed by atoms with Crippen LogP contribution in [0.5, 0.6) is 0 Å². The van der Waals surface area contributed by atoms with Gasteiger partial charge in [0.05, 0.1) is 5.39 Å². The van der Waals surface area contributed by atoms with E-state index in [1.54, 1.807) is 0 Å². The number of carbonyl (C=O) groups excluding carboxylic acids is 1. The molecule has 0 saturated carbocycles. The topological polar surface area (TPSA) is 20.9 Å². The molecule has 0 bridgehead atoms. The third-order valence-corrected chi connectivity index (χ3v) is 2.41. The van der Waals surface area contributed by atoms with Crippen LogP contribution in [0.25, 0.3) is 10.9 Å². The third-order valence-electron chi connectivity index (χ3n) is 2.41. The molecule has 0 atom stereocenters. The fourth-order valence-electron chi connectivity index (χ4n) is 1.73. The molecule has 0 amide bonds. The van der Waals surface area contributed by atoms with Gasteiger partial charge < -0.3 is 0 Å². The summed E-state index contributed by atoms with van der Waals surface area (Å²) in [5.74, 6) is 0. The monoisotopic (exact) mass is 198 g/mol. The Kier molecular flexibility index (Phi) is 2.59. The molecule has 0 aliphatic carbocycles. The Morgan fingerprint density at radius 1 is 1.27 bits per heavy atom. The maximum absolute atomic E-state index is 10.9. The highest BCUT2D eigenvalue weighted by molar-refractivity contribution is 5.95. The van der Waals surface area contributed by atoms with Crippen molar-refractivity contribution in [1.29, 1.82) is 0 Å². The summed E-state index contributed by atoms with van der Waals surface area (Å²) in [6.07, 6.45) is 4.71. The van der Waals surface area contributed by atoms with E-state index in [2.05, 4.69) is 11.1 Å². The van der Waals surface area contributed by atoms with Crippen LogP contribution in [0, 0.1) is 0 Å². The van der Waals surface area contributed by atoms with E-state index < -0.39 is 0 Å². The van der Waals surface area contributed by atoms with Crippen LogP contribution in [0.3, 0.4) is 0 Å². The fraction of sp³-hybridized carbons (Fsp3) is 0.0769. The van der Waals surface area contributed by atoms with Gasteiger partial charge in [-0.25, -0.2) is 0 Å². The van der Waals surface area contributed by atoms with Gasteiger partial charge in [0.25, 0.3) is 0 Å². The van der Waals surface area contributed by atoms with Crippen molar-refractivity contribution < 1.29 is 9.36 Å². The summed E-state index contributed by atoms with van der Waals surface area (Å²) in [7, 11) is 0. The molecule has 0 N–H and O–H groups in total. The van der Waals surface area contributed by atoms with Gasteiger partial charge in [0.15, 0.2) is 19.0 Å². The van der Waals surface area contributed by atoms with Crippen LogP contribution in [-0.2, 0) is 6.54 Å². The van der Waals surface area contributed by atoms with Crippen LogP contribution in [-0.4, -0.2) is 6.29 Å². The van der Waals surface area contributed by atoms with Crippen LogP contribution >= 0.6 is 0 Å². The summed E-state index contributed by atoms with van der Waals surface area (Å²) in [4.78, 5) is 10.9. The standard InChI is InChI=1S/C13H12NO/c1-2-8-14-9-4-6-12-11(10-15)5-3-7-13(12)14/h2-7,9-10H,1,8H2/q+1. The molecule has 1 aromatic carbocycles. The van der Waals surface area contributed by atoms with Gasteiger partial charge in [0.2, 0.25) is 5.52 Å². The van der Waals surface area contributed by atoms with E-state index in [4.69, 9.17) is 0 Å². The summed E-state index contributed by atoms with van der Waals surface area (Å²) in [6, 6.07) is 9.63. The van der Waals surface area contributed by atoms with Crippen molar-refractivity contribution in [3.8, 4) is 0 Å². The predicted octanol–water partition coefficient (Wildman–Crippen LogP) is 2.13. The first-order valence-electron chi connectivity index (χ1n) is 4.84. The van der Waals surface area contributed by atoms with E-state index >= 15 is 0 Å². The Bertz CT molecular complexity index is 517. The van der Waals surface area contributed by atoms with E-state index in [0.29, 0.717) is 0 Å². The van der Waals surface area contributed by atoms with Crippen LogP contribution in [0.2, 0.25) is 0 Å². The summed E-state index contributed by atoms with van der Waals surface area (Å²) >= 11 is 0. The minimum atomic E-state index is 0.728. The van der Waals surface area contributed by atoms with E-state index in [1.165, 1.54) is 0 Å². The van der Waals surface area contributed by atoms with Crippen molar-refractivity contribution in [3.63, 3.8) is 0 Å². The number of allylic oxidation sites excluding steroid dienone is 1. The van der Waals surface area contributed by atoms with Gasteiger partial charge >= 0.3 is 0 Å². The maximum atomic E-state index is 10.9. The largest absolute Gasteiger partial charge is 0.298 e. The Morgan fingerprint density at radius 3 is 2.87 bits per heavy atom. The Labute approximate surface area is 88.5 Å². The molecular weight excluding hydrogens is 186 g/mol. The molecule has 2 rings (SSSR count). The second kappa shape index (κ2) is 4.05. The molecule has 0 radical (unpaired) electrons. The zero-order valence-electron chi connectivity index (χ0n) is 8.39. The quantitative estimate of drug-likeness (QED) is 0.420. The highest BCUT2D eigenvalue weighted by atomic mass is 16.1. The summed E-state index contributed by atoms with van der Waals surface area (Å²) in [5.41, 5.74) is 1.79. The van der Waals surface area contributed by atoms with E-state index in [1.807, 2.05) is 42.6 Å². The van der Waals surface area contributed by atoms with Crippen molar-refractivity contribution in [3.05, 3.63) is 54.7 Å². The lowest BCUT2D eigenvalue weighted by Crippen LogP contribution is -2.32. The van der Waals surface area contributed by atoms with Crippen molar-refractivity contribution >= 4 is 17.2 Å². The number of pyridine rings is 1. The van der Waals surface area contributed by atoms with Gasteiger partial charge in [0, 0.05) is 17.7 Å². The number of benzene rings is 1. The highest BCUT2D eigenvalue weighted by Gasteiger charge is 2.08. The molecule has 0 aliphatic heterocycles. The predicted molar refractivity (Wildman–Crippen MR) is 59.7 cm³/mol. The number of nitrogens with zero attached hydrogens (tertiary/aromatic N) is 1. The first-order chi connectivity index (χ1) is 7.36. The van der Waals surface area contributed by atoms with E-state index in [0.717, 1.165) is 29.3 Å². The van der Waals surface area contributed by atoms with Gasteiger partial charge in [0.1, 0.15) is 0 Å². The average Bonchev–Trinajstić information content (AvgIpc) is 2.29. The number of aldehydes is 1. The second-order valence-electron chi connectivity index (χ2n) is 3.35. The first-order valence-corrected chi connectivity index (χ1v) is 4.84. The van der Waals surface area contributed by atoms with Gasteiger partial charge in [-0.3, -0.25) is 4.79 Å². The number of hydrogen-bond donors (Lipinski definition) is 0. The van der Waals surface area contributed by atoms with Crippen LogP contribution in [0.15, 0.2) is 49.2 Å².